The second-order valence-electron chi connectivity index (χ2n) is 11.0. The zero-order chi connectivity index (χ0) is 21.8. The van der Waals surface area contributed by atoms with Gasteiger partial charge in [-0.05, 0) is 74.7 Å². The van der Waals surface area contributed by atoms with E-state index in [9.17, 15) is 9.18 Å². The Morgan fingerprint density at radius 1 is 1.13 bits per heavy atom. The average Bonchev–Trinajstić information content (AvgIpc) is 3.35. The molecule has 0 amide bonds. The normalized spacial score (nSPS) is 49.6. The molecule has 0 bridgehead atoms. The van der Waals surface area contributed by atoms with Gasteiger partial charge in [0, 0.05) is 24.3 Å². The molecule has 0 spiro atoms. The number of fused-ring (bicyclic) bond motifs is 5. The summed E-state index contributed by atoms with van der Waals surface area (Å²) in [5.41, 5.74) is 1.76. The van der Waals surface area contributed by atoms with Crippen molar-refractivity contribution in [2.75, 3.05) is 20.2 Å². The van der Waals surface area contributed by atoms with Gasteiger partial charge in [-0.2, -0.15) is 0 Å². The standard InChI is InChI=1S/C24H36FN3O3/c1-23-7-4-14(27-31-15-6-9-26-13-15)10-19(23)21(28-30-3)11-16-17(23)5-8-24(2)18(16)12-20(25)22(24)29/h15-20,26H,4-13H2,1-3H3/b27-14+,28-21+/t15?,16?,17?,18?,19?,20?,23-,24+/m1/s1. The molecule has 1 N–H and O–H groups in total. The van der Waals surface area contributed by atoms with Gasteiger partial charge in [0.1, 0.15) is 13.2 Å². The number of nitrogens with one attached hydrogen (secondary N) is 1. The summed E-state index contributed by atoms with van der Waals surface area (Å²) in [6.45, 7) is 6.27. The molecule has 1 aliphatic heterocycles. The molecule has 0 radical (unpaired) electrons. The summed E-state index contributed by atoms with van der Waals surface area (Å²) < 4.78 is 14.5. The summed E-state index contributed by atoms with van der Waals surface area (Å²) >= 11 is 0. The summed E-state index contributed by atoms with van der Waals surface area (Å²) in [5, 5.41) is 12.4. The van der Waals surface area contributed by atoms with Crippen molar-refractivity contribution in [1.82, 2.24) is 5.32 Å². The highest BCUT2D eigenvalue weighted by atomic mass is 19.1. The van der Waals surface area contributed by atoms with E-state index >= 15 is 0 Å². The van der Waals surface area contributed by atoms with Crippen LogP contribution in [0.5, 0.6) is 0 Å². The number of hydrogen-bond donors (Lipinski definition) is 1. The molecule has 1 heterocycles. The number of carbonyl (C=O) groups excluding carboxylic acids is 1. The lowest BCUT2D eigenvalue weighted by molar-refractivity contribution is -0.135. The molecule has 31 heavy (non-hydrogen) atoms. The van der Waals surface area contributed by atoms with E-state index in [2.05, 4.69) is 22.6 Å². The fourth-order valence-electron chi connectivity index (χ4n) is 7.79. The molecule has 0 aromatic heterocycles. The van der Waals surface area contributed by atoms with Crippen molar-refractivity contribution >= 4 is 17.2 Å². The van der Waals surface area contributed by atoms with Gasteiger partial charge in [0.05, 0.1) is 11.4 Å². The van der Waals surface area contributed by atoms with Gasteiger partial charge in [-0.15, -0.1) is 0 Å². The van der Waals surface area contributed by atoms with E-state index in [-0.39, 0.29) is 29.1 Å². The van der Waals surface area contributed by atoms with Crippen molar-refractivity contribution in [1.29, 1.82) is 0 Å². The average molecular weight is 434 g/mol. The molecule has 0 aromatic carbocycles. The highest BCUT2D eigenvalue weighted by Crippen LogP contribution is 2.65. The van der Waals surface area contributed by atoms with Crippen LogP contribution in [0, 0.1) is 34.5 Å². The van der Waals surface area contributed by atoms with Gasteiger partial charge in [-0.1, -0.05) is 24.2 Å². The first-order chi connectivity index (χ1) is 14.9. The predicted molar refractivity (Wildman–Crippen MR) is 117 cm³/mol. The van der Waals surface area contributed by atoms with Crippen LogP contribution in [-0.4, -0.2) is 49.7 Å². The SMILES string of the molecule is CO/N=C1\CC2C(CC[C@]3(C)C(=O)C(F)CC23)[C@@]2(C)CC/C(=N\OC3CCNC3)CC12. The first-order valence-electron chi connectivity index (χ1n) is 12.1. The second kappa shape index (κ2) is 7.82. The van der Waals surface area contributed by atoms with E-state index in [1.54, 1.807) is 7.11 Å². The number of nitrogens with zero attached hydrogens (tertiary/aromatic N) is 2. The number of halogens is 1. The Kier molecular flexibility index (Phi) is 5.39. The van der Waals surface area contributed by atoms with Crippen molar-refractivity contribution in [2.24, 2.45) is 44.8 Å². The van der Waals surface area contributed by atoms with Gasteiger partial charge < -0.3 is 15.0 Å². The molecular formula is C24H36FN3O3. The number of oxime groups is 2. The second-order valence-corrected chi connectivity index (χ2v) is 11.0. The first kappa shape index (κ1) is 21.4. The third-order valence-electron chi connectivity index (χ3n) is 9.57. The lowest BCUT2D eigenvalue weighted by Gasteiger charge is -2.59. The molecule has 0 aromatic rings. The molecule has 8 atom stereocenters. The molecule has 5 rings (SSSR count). The number of rotatable bonds is 3. The van der Waals surface area contributed by atoms with Crippen LogP contribution in [0.3, 0.4) is 0 Å². The molecule has 7 heteroatoms. The van der Waals surface area contributed by atoms with E-state index in [0.717, 1.165) is 69.5 Å². The van der Waals surface area contributed by atoms with Gasteiger partial charge in [0.25, 0.3) is 0 Å². The molecule has 5 fully saturated rings. The molecule has 4 saturated carbocycles. The summed E-state index contributed by atoms with van der Waals surface area (Å²) in [6, 6.07) is 0. The zero-order valence-electron chi connectivity index (χ0n) is 19.0. The highest BCUT2D eigenvalue weighted by molar-refractivity contribution is 5.96. The quantitative estimate of drug-likeness (QED) is 0.686. The van der Waals surface area contributed by atoms with Gasteiger partial charge in [0.2, 0.25) is 0 Å². The van der Waals surface area contributed by atoms with Crippen LogP contribution in [0.1, 0.15) is 65.2 Å². The van der Waals surface area contributed by atoms with Crippen molar-refractivity contribution in [3.8, 4) is 0 Å². The number of Topliss-reactive ketones (excluding diaryl/α,β-unsaturated/α-hetero) is 1. The minimum atomic E-state index is -1.30. The summed E-state index contributed by atoms with van der Waals surface area (Å²) in [6.07, 6.45) is 5.71. The van der Waals surface area contributed by atoms with Crippen LogP contribution in [0.15, 0.2) is 10.3 Å². The highest BCUT2D eigenvalue weighted by Gasteiger charge is 2.63. The zero-order valence-corrected chi connectivity index (χ0v) is 19.0. The Labute approximate surface area is 184 Å². The Morgan fingerprint density at radius 2 is 1.97 bits per heavy atom. The third kappa shape index (κ3) is 3.33. The van der Waals surface area contributed by atoms with Crippen LogP contribution in [-0.2, 0) is 14.5 Å². The minimum Gasteiger partial charge on any atom is -0.399 e. The maximum Gasteiger partial charge on any atom is 0.173 e. The topological polar surface area (TPSA) is 72.3 Å². The molecule has 5 aliphatic rings. The fourth-order valence-corrected chi connectivity index (χ4v) is 7.79. The van der Waals surface area contributed by atoms with E-state index in [4.69, 9.17) is 9.68 Å². The van der Waals surface area contributed by atoms with Gasteiger partial charge >= 0.3 is 0 Å². The van der Waals surface area contributed by atoms with Gasteiger partial charge in [-0.3, -0.25) is 4.79 Å². The van der Waals surface area contributed by atoms with Gasteiger partial charge in [0.15, 0.2) is 12.0 Å². The largest absolute Gasteiger partial charge is 0.399 e. The first-order valence-corrected chi connectivity index (χ1v) is 12.1. The Bertz CT molecular complexity index is 795. The van der Waals surface area contributed by atoms with E-state index in [1.807, 2.05) is 6.92 Å². The molecule has 6 nitrogen and oxygen atoms in total. The smallest absolute Gasteiger partial charge is 0.173 e. The van der Waals surface area contributed by atoms with Crippen LogP contribution >= 0.6 is 0 Å². The lowest BCUT2D eigenvalue weighted by Crippen LogP contribution is -2.56. The lowest BCUT2D eigenvalue weighted by atomic mass is 9.45. The van der Waals surface area contributed by atoms with E-state index < -0.39 is 11.6 Å². The summed E-state index contributed by atoms with van der Waals surface area (Å²) in [5.74, 6) is 1.02. The van der Waals surface area contributed by atoms with Crippen LogP contribution in [0.2, 0.25) is 0 Å². The number of hydrogen-bond acceptors (Lipinski definition) is 6. The fraction of sp³-hybridized carbons (Fsp3) is 0.875. The monoisotopic (exact) mass is 433 g/mol. The Balaban J connectivity index is 1.41. The Hall–Kier alpha value is -1.50. The number of carbonyl (C=O) groups is 1. The van der Waals surface area contributed by atoms with Crippen LogP contribution in [0.25, 0.3) is 0 Å². The maximum atomic E-state index is 14.5. The molecule has 172 valence electrons. The van der Waals surface area contributed by atoms with Gasteiger partial charge in [-0.25, -0.2) is 4.39 Å². The van der Waals surface area contributed by atoms with Crippen LogP contribution in [0.4, 0.5) is 4.39 Å². The van der Waals surface area contributed by atoms with Crippen molar-refractivity contribution < 1.29 is 18.9 Å². The minimum absolute atomic E-state index is 0.0764. The van der Waals surface area contributed by atoms with Crippen molar-refractivity contribution in [3.05, 3.63) is 0 Å². The van der Waals surface area contributed by atoms with E-state index in [0.29, 0.717) is 18.3 Å². The molecular weight excluding hydrogens is 397 g/mol. The summed E-state index contributed by atoms with van der Waals surface area (Å²) in [7, 11) is 1.60. The predicted octanol–water partition coefficient (Wildman–Crippen LogP) is 3.89. The third-order valence-corrected chi connectivity index (χ3v) is 9.57. The van der Waals surface area contributed by atoms with Crippen LogP contribution < -0.4 is 5.32 Å². The maximum absolute atomic E-state index is 14.5. The van der Waals surface area contributed by atoms with E-state index in [1.165, 1.54) is 0 Å². The molecule has 4 aliphatic carbocycles. The molecule has 1 saturated heterocycles. The summed E-state index contributed by atoms with van der Waals surface area (Å²) in [4.78, 5) is 23.8. The number of alkyl halides is 1. The number of ketones is 1. The molecule has 6 unspecified atom stereocenters. The van der Waals surface area contributed by atoms with Crippen molar-refractivity contribution in [3.63, 3.8) is 0 Å². The Morgan fingerprint density at radius 3 is 2.71 bits per heavy atom. The van der Waals surface area contributed by atoms with Crippen molar-refractivity contribution in [2.45, 2.75) is 77.5 Å².